The maximum Gasteiger partial charge on any atom is 0.235 e. The number of thiazole rings is 1. The monoisotopic (exact) mass is 315 g/mol. The van der Waals surface area contributed by atoms with Crippen molar-refractivity contribution in [3.05, 3.63) is 17.1 Å². The van der Waals surface area contributed by atoms with Gasteiger partial charge in [0.2, 0.25) is 17.3 Å². The maximum atomic E-state index is 10.7. The van der Waals surface area contributed by atoms with E-state index in [0.717, 1.165) is 21.0 Å². The van der Waals surface area contributed by atoms with E-state index in [4.69, 9.17) is 9.47 Å². The van der Waals surface area contributed by atoms with Crippen LogP contribution in [0.15, 0.2) is 12.1 Å². The van der Waals surface area contributed by atoms with E-state index in [9.17, 15) is 13.0 Å². The number of rotatable bonds is 4. The lowest BCUT2D eigenvalue weighted by atomic mass is 10.3. The second-order valence-corrected chi connectivity index (χ2v) is 7.32. The highest BCUT2D eigenvalue weighted by Crippen LogP contribution is 2.37. The molecule has 0 saturated carbocycles. The van der Waals surface area contributed by atoms with Gasteiger partial charge in [0, 0.05) is 25.2 Å². The van der Waals surface area contributed by atoms with Crippen molar-refractivity contribution in [2.45, 2.75) is 19.9 Å². The molecule has 0 saturated heterocycles. The summed E-state index contributed by atoms with van der Waals surface area (Å²) in [5.41, 5.74) is 0.972. The van der Waals surface area contributed by atoms with E-state index in [-0.39, 0.29) is 12.5 Å². The van der Waals surface area contributed by atoms with Gasteiger partial charge in [0.15, 0.2) is 18.0 Å². The number of fused-ring (bicyclic) bond motifs is 2. The van der Waals surface area contributed by atoms with Crippen LogP contribution in [-0.2, 0) is 16.7 Å². The maximum absolute atomic E-state index is 10.7. The molecule has 2 heterocycles. The predicted octanol–water partition coefficient (Wildman–Crippen LogP) is 1.16. The van der Waals surface area contributed by atoms with Crippen molar-refractivity contribution in [2.24, 2.45) is 0 Å². The highest BCUT2D eigenvalue weighted by Gasteiger charge is 2.23. The molecule has 1 aliphatic heterocycles. The number of nitrogens with zero attached hydrogens (tertiary/aromatic N) is 1. The molecule has 2 aromatic rings. The summed E-state index contributed by atoms with van der Waals surface area (Å²) in [5.74, 6) is 1.08. The van der Waals surface area contributed by atoms with Crippen molar-refractivity contribution >= 4 is 31.7 Å². The summed E-state index contributed by atoms with van der Waals surface area (Å²) in [6, 6.07) is 3.82. The van der Waals surface area contributed by atoms with Crippen molar-refractivity contribution in [2.75, 3.05) is 12.5 Å². The van der Waals surface area contributed by atoms with Gasteiger partial charge >= 0.3 is 0 Å². The Hall–Kier alpha value is -1.38. The fourth-order valence-electron chi connectivity index (χ4n) is 2.27. The van der Waals surface area contributed by atoms with Crippen LogP contribution in [-0.4, -0.2) is 25.5 Å². The van der Waals surface area contributed by atoms with Gasteiger partial charge in [-0.2, -0.15) is 4.57 Å². The molecule has 1 aliphatic rings. The third-order valence-electron chi connectivity index (χ3n) is 3.16. The van der Waals surface area contributed by atoms with Gasteiger partial charge in [0.05, 0.1) is 16.2 Å². The average Bonchev–Trinajstić information content (AvgIpc) is 2.90. The van der Waals surface area contributed by atoms with E-state index in [1.807, 2.05) is 23.6 Å². The first-order chi connectivity index (χ1) is 9.44. The Morgan fingerprint density at radius 1 is 1.35 bits per heavy atom. The summed E-state index contributed by atoms with van der Waals surface area (Å²) >= 11 is 1.60. The molecule has 0 bridgehead atoms. The Balaban J connectivity index is 1.92. The minimum Gasteiger partial charge on any atom is -0.748 e. The molecule has 0 radical (unpaired) electrons. The first-order valence-electron chi connectivity index (χ1n) is 6.10. The Morgan fingerprint density at radius 2 is 2.05 bits per heavy atom. The van der Waals surface area contributed by atoms with E-state index < -0.39 is 10.1 Å². The normalized spacial score (nSPS) is 14.1. The summed E-state index contributed by atoms with van der Waals surface area (Å²) in [7, 11) is -4.16. The molecule has 0 N–H and O–H groups in total. The lowest BCUT2D eigenvalue weighted by Gasteiger charge is -2.04. The van der Waals surface area contributed by atoms with Gasteiger partial charge in [-0.15, -0.1) is 0 Å². The molecular weight excluding hydrogens is 302 g/mol. The quantitative estimate of drug-likeness (QED) is 0.625. The van der Waals surface area contributed by atoms with Crippen molar-refractivity contribution in [1.82, 2.24) is 0 Å². The number of hydrogen-bond donors (Lipinski definition) is 0. The molecule has 0 atom stereocenters. The van der Waals surface area contributed by atoms with Crippen LogP contribution in [0.5, 0.6) is 11.5 Å². The van der Waals surface area contributed by atoms with Gasteiger partial charge in [-0.05, 0) is 0 Å². The van der Waals surface area contributed by atoms with Crippen LogP contribution in [0.1, 0.15) is 11.4 Å². The second kappa shape index (κ2) is 4.87. The molecule has 20 heavy (non-hydrogen) atoms. The van der Waals surface area contributed by atoms with Gasteiger partial charge in [-0.25, -0.2) is 8.42 Å². The van der Waals surface area contributed by atoms with Gasteiger partial charge in [0.1, 0.15) is 4.70 Å². The van der Waals surface area contributed by atoms with Crippen molar-refractivity contribution in [3.8, 4) is 11.5 Å². The largest absolute Gasteiger partial charge is 0.748 e. The number of aryl methyl sites for hydroxylation is 2. The zero-order chi connectivity index (χ0) is 14.3. The van der Waals surface area contributed by atoms with Crippen LogP contribution in [0.3, 0.4) is 0 Å². The van der Waals surface area contributed by atoms with E-state index >= 15 is 0 Å². The van der Waals surface area contributed by atoms with Crippen molar-refractivity contribution in [3.63, 3.8) is 0 Å². The van der Waals surface area contributed by atoms with E-state index in [1.165, 1.54) is 0 Å². The first kappa shape index (κ1) is 13.6. The van der Waals surface area contributed by atoms with Crippen LogP contribution < -0.4 is 14.0 Å². The molecule has 6 nitrogen and oxygen atoms in total. The number of ether oxygens (including phenoxy) is 2. The molecule has 1 aromatic heterocycles. The summed E-state index contributed by atoms with van der Waals surface area (Å²) < 4.78 is 45.7. The molecule has 0 spiro atoms. The summed E-state index contributed by atoms with van der Waals surface area (Å²) in [4.78, 5) is 0. The van der Waals surface area contributed by atoms with Crippen molar-refractivity contribution in [1.29, 1.82) is 0 Å². The Kier molecular flexibility index (Phi) is 3.31. The Labute approximate surface area is 120 Å². The zero-order valence-electron chi connectivity index (χ0n) is 10.8. The number of benzene rings is 1. The SMILES string of the molecule is Cc1sc2cc3c(cc2[n+]1CCCS(=O)(=O)[O-])OCO3. The summed E-state index contributed by atoms with van der Waals surface area (Å²) in [5, 5.41) is 1.05. The first-order valence-corrected chi connectivity index (χ1v) is 8.49. The topological polar surface area (TPSA) is 79.5 Å². The van der Waals surface area contributed by atoms with Gasteiger partial charge < -0.3 is 14.0 Å². The van der Waals surface area contributed by atoms with Gasteiger partial charge in [-0.3, -0.25) is 0 Å². The Bertz CT molecular complexity index is 766. The molecule has 8 heteroatoms. The van der Waals surface area contributed by atoms with Crippen LogP contribution in [0.25, 0.3) is 10.2 Å². The second-order valence-electron chi connectivity index (χ2n) is 4.56. The minimum absolute atomic E-state index is 0.222. The fourth-order valence-corrected chi connectivity index (χ4v) is 3.81. The lowest BCUT2D eigenvalue weighted by molar-refractivity contribution is -0.672. The molecule has 0 amide bonds. The lowest BCUT2D eigenvalue weighted by Crippen LogP contribution is -2.35. The van der Waals surface area contributed by atoms with Crippen LogP contribution in [0, 0.1) is 6.92 Å². The highest BCUT2D eigenvalue weighted by atomic mass is 32.2. The minimum atomic E-state index is -4.16. The van der Waals surface area contributed by atoms with Crippen LogP contribution >= 0.6 is 11.3 Å². The molecular formula is C12H13NO5S2. The summed E-state index contributed by atoms with van der Waals surface area (Å²) in [6.45, 7) is 2.68. The average molecular weight is 315 g/mol. The third-order valence-corrected chi connectivity index (χ3v) is 5.01. The van der Waals surface area contributed by atoms with E-state index in [0.29, 0.717) is 18.7 Å². The van der Waals surface area contributed by atoms with Gasteiger partial charge in [0.25, 0.3) is 0 Å². The van der Waals surface area contributed by atoms with Crippen LogP contribution in [0.4, 0.5) is 0 Å². The molecule has 0 fully saturated rings. The molecule has 0 aliphatic carbocycles. The smallest absolute Gasteiger partial charge is 0.235 e. The standard InChI is InChI=1S/C12H13NO5S2/c1-8-13(3-2-4-20(14,15)16)9-5-10-11(18-7-17-10)6-12(9)19-8/h5-6H,2-4,7H2,1H3. The number of aromatic nitrogens is 1. The zero-order valence-corrected chi connectivity index (χ0v) is 12.4. The number of hydrogen-bond acceptors (Lipinski definition) is 6. The fraction of sp³-hybridized carbons (Fsp3) is 0.417. The van der Waals surface area contributed by atoms with E-state index in [2.05, 4.69) is 0 Å². The van der Waals surface area contributed by atoms with Crippen molar-refractivity contribution < 1.29 is 27.0 Å². The molecule has 108 valence electrons. The predicted molar refractivity (Wildman–Crippen MR) is 72.1 cm³/mol. The third kappa shape index (κ3) is 2.58. The van der Waals surface area contributed by atoms with Gasteiger partial charge in [-0.1, -0.05) is 11.3 Å². The Morgan fingerprint density at radius 3 is 2.75 bits per heavy atom. The summed E-state index contributed by atoms with van der Waals surface area (Å²) in [6.07, 6.45) is 0.303. The highest BCUT2D eigenvalue weighted by molar-refractivity contribution is 7.85. The molecule has 1 aromatic carbocycles. The van der Waals surface area contributed by atoms with Crippen LogP contribution in [0.2, 0.25) is 0 Å². The van der Waals surface area contributed by atoms with E-state index in [1.54, 1.807) is 11.3 Å². The molecule has 0 unspecified atom stereocenters. The molecule has 3 rings (SSSR count).